The predicted molar refractivity (Wildman–Crippen MR) is 70.6 cm³/mol. The Balaban J connectivity index is 0. The van der Waals surface area contributed by atoms with Crippen LogP contribution in [0.2, 0.25) is 0 Å². The Morgan fingerprint density at radius 1 is 0.950 bits per heavy atom. The fourth-order valence-corrected chi connectivity index (χ4v) is 0.746. The number of nitrogens with zero attached hydrogens (tertiary/aromatic N) is 2. The first-order valence-electron chi connectivity index (χ1n) is 6.23. The van der Waals surface area contributed by atoms with Crippen molar-refractivity contribution in [2.45, 2.75) is 59.7 Å². The normalized spacial score (nSPS) is 10.2. The topological polar surface area (TPSA) is 115 Å². The van der Waals surface area contributed by atoms with Crippen LogP contribution in [0.15, 0.2) is 10.2 Å². The van der Waals surface area contributed by atoms with Crippen LogP contribution in [0.1, 0.15) is 47.5 Å². The molecule has 0 aliphatic carbocycles. The summed E-state index contributed by atoms with van der Waals surface area (Å²) in [5, 5.41) is 13.9. The molecule has 1 N–H and O–H groups in total. The Bertz CT molecular complexity index is 315. The maximum atomic E-state index is 10.8. The molecule has 116 valence electrons. The Morgan fingerprint density at radius 3 is 1.45 bits per heavy atom. The second kappa shape index (κ2) is 12.1. The first-order chi connectivity index (χ1) is 9.18. The molecule has 0 bridgehead atoms. The molecule has 0 radical (unpaired) electrons. The Labute approximate surface area is 118 Å². The minimum atomic E-state index is -0.902. The van der Waals surface area contributed by atoms with Gasteiger partial charge in [0.25, 0.3) is 0 Å². The molecule has 0 rings (SSSR count). The molecule has 0 aromatic rings. The molecule has 8 heteroatoms. The zero-order chi connectivity index (χ0) is 16.1. The molecule has 0 heterocycles. The summed E-state index contributed by atoms with van der Waals surface area (Å²) in [6.07, 6.45) is -1.36. The van der Waals surface area contributed by atoms with Crippen molar-refractivity contribution in [2.24, 2.45) is 10.2 Å². The zero-order valence-electron chi connectivity index (χ0n) is 12.5. The van der Waals surface area contributed by atoms with E-state index in [1.807, 2.05) is 6.92 Å². The highest BCUT2D eigenvalue weighted by atomic mass is 16.6. The van der Waals surface area contributed by atoms with E-state index in [0.29, 0.717) is 6.42 Å². The lowest BCUT2D eigenvalue weighted by atomic mass is 10.4. The van der Waals surface area contributed by atoms with Crippen molar-refractivity contribution in [3.05, 3.63) is 0 Å². The molecule has 0 saturated carbocycles. The number of hydrogen-bond acceptors (Lipinski definition) is 5. The van der Waals surface area contributed by atoms with E-state index in [0.717, 1.165) is 6.42 Å². The maximum absolute atomic E-state index is 10.8. The quantitative estimate of drug-likeness (QED) is 0.793. The third-order valence-electron chi connectivity index (χ3n) is 1.35. The molecule has 0 aliphatic heterocycles. The third-order valence-corrected chi connectivity index (χ3v) is 1.35. The Kier molecular flexibility index (Phi) is 12.3. The lowest BCUT2D eigenvalue weighted by Crippen LogP contribution is -2.09. The minimum Gasteiger partial charge on any atom is -0.481 e. The van der Waals surface area contributed by atoms with E-state index < -0.39 is 18.2 Å². The van der Waals surface area contributed by atoms with E-state index in [2.05, 4.69) is 19.7 Å². The van der Waals surface area contributed by atoms with Gasteiger partial charge in [-0.05, 0) is 34.1 Å². The molecule has 0 aliphatic rings. The molecule has 0 atom stereocenters. The van der Waals surface area contributed by atoms with E-state index in [4.69, 9.17) is 5.11 Å². The monoisotopic (exact) mass is 290 g/mol. The molecule has 0 aromatic heterocycles. The number of aliphatic carboxylic acids is 1. The van der Waals surface area contributed by atoms with Gasteiger partial charge < -0.3 is 14.6 Å². The summed E-state index contributed by atoms with van der Waals surface area (Å²) in [6.45, 7) is 8.51. The smallest absolute Gasteiger partial charge is 0.452 e. The van der Waals surface area contributed by atoms with Crippen LogP contribution in [-0.2, 0) is 14.3 Å². The Hall–Kier alpha value is -1.99. The molecule has 0 unspecified atom stereocenters. The number of amides is 2. The number of rotatable bonds is 4. The van der Waals surface area contributed by atoms with E-state index in [1.54, 1.807) is 27.7 Å². The van der Waals surface area contributed by atoms with Crippen molar-refractivity contribution in [1.82, 2.24) is 0 Å². The molecular weight excluding hydrogens is 268 g/mol. The number of carbonyl (C=O) groups excluding carboxylic acids is 2. The summed E-state index contributed by atoms with van der Waals surface area (Å²) in [5.74, 6) is -0.711. The third kappa shape index (κ3) is 18.4. The molecule has 0 spiro atoms. The van der Waals surface area contributed by atoms with Gasteiger partial charge in [-0.25, -0.2) is 9.59 Å². The highest BCUT2D eigenvalue weighted by Gasteiger charge is 2.06. The fourth-order valence-electron chi connectivity index (χ4n) is 0.746. The van der Waals surface area contributed by atoms with Crippen LogP contribution in [0.25, 0.3) is 0 Å². The maximum Gasteiger partial charge on any atom is 0.452 e. The van der Waals surface area contributed by atoms with E-state index >= 15 is 0 Å². The van der Waals surface area contributed by atoms with Crippen LogP contribution < -0.4 is 0 Å². The first kappa shape index (κ1) is 20.3. The molecule has 0 fully saturated rings. The van der Waals surface area contributed by atoms with E-state index in [1.165, 1.54) is 0 Å². The predicted octanol–water partition coefficient (Wildman–Crippen LogP) is 3.40. The second-order valence-electron chi connectivity index (χ2n) is 4.21. The first-order valence-corrected chi connectivity index (χ1v) is 6.23. The van der Waals surface area contributed by atoms with Crippen LogP contribution in [0.3, 0.4) is 0 Å². The zero-order valence-corrected chi connectivity index (χ0v) is 12.5. The summed E-state index contributed by atoms with van der Waals surface area (Å²) in [5.41, 5.74) is 0. The van der Waals surface area contributed by atoms with Gasteiger partial charge in [-0.1, -0.05) is 17.2 Å². The lowest BCUT2D eigenvalue weighted by molar-refractivity contribution is -0.137. The largest absolute Gasteiger partial charge is 0.481 e. The summed E-state index contributed by atoms with van der Waals surface area (Å²) in [7, 11) is 0. The minimum absolute atomic E-state index is 0.289. The number of hydrogen-bond donors (Lipinski definition) is 1. The fraction of sp³-hybridized carbons (Fsp3) is 0.750. The summed E-state index contributed by atoms with van der Waals surface area (Å²) in [4.78, 5) is 31.1. The van der Waals surface area contributed by atoms with Gasteiger partial charge in [-0.15, -0.1) is 0 Å². The van der Waals surface area contributed by atoms with Gasteiger partial charge in [0.1, 0.15) is 0 Å². The molecule has 2 amide bonds. The van der Waals surface area contributed by atoms with Gasteiger partial charge in [0.05, 0.1) is 12.2 Å². The van der Waals surface area contributed by atoms with Crippen LogP contribution >= 0.6 is 0 Å². The molecule has 0 saturated heterocycles. The van der Waals surface area contributed by atoms with Gasteiger partial charge in [0.2, 0.25) is 0 Å². The number of azo groups is 1. The standard InChI is InChI=1S/C8H14N2O4.C4H8O2/c1-5(2)13-7(11)9-10-8(12)14-6(3)4;1-2-3-4(5)6/h5-6H,1-4H3;2-3H2,1H3,(H,5,6). The molecule has 20 heavy (non-hydrogen) atoms. The van der Waals surface area contributed by atoms with Crippen LogP contribution in [0.4, 0.5) is 9.59 Å². The lowest BCUT2D eigenvalue weighted by Gasteiger charge is -2.03. The van der Waals surface area contributed by atoms with Crippen molar-refractivity contribution in [1.29, 1.82) is 0 Å². The van der Waals surface area contributed by atoms with Crippen molar-refractivity contribution in [3.63, 3.8) is 0 Å². The number of carboxylic acid groups (broad SMARTS) is 1. The summed E-state index contributed by atoms with van der Waals surface area (Å²) in [6, 6.07) is 0. The SMILES string of the molecule is CC(C)OC(=O)N=NC(=O)OC(C)C.CCCC(=O)O. The van der Waals surface area contributed by atoms with Gasteiger partial charge in [-0.3, -0.25) is 4.79 Å². The van der Waals surface area contributed by atoms with Gasteiger partial charge in [0, 0.05) is 6.42 Å². The van der Waals surface area contributed by atoms with Crippen LogP contribution in [0, 0.1) is 0 Å². The van der Waals surface area contributed by atoms with E-state index in [9.17, 15) is 14.4 Å². The van der Waals surface area contributed by atoms with Crippen molar-refractivity contribution >= 4 is 18.2 Å². The van der Waals surface area contributed by atoms with Crippen molar-refractivity contribution in [2.75, 3.05) is 0 Å². The molecule has 0 aromatic carbocycles. The van der Waals surface area contributed by atoms with Gasteiger partial charge in [-0.2, -0.15) is 0 Å². The summed E-state index contributed by atoms with van der Waals surface area (Å²) >= 11 is 0. The Morgan fingerprint density at radius 2 is 1.30 bits per heavy atom. The van der Waals surface area contributed by atoms with Crippen LogP contribution in [0.5, 0.6) is 0 Å². The highest BCUT2D eigenvalue weighted by molar-refractivity contribution is 5.73. The molecule has 8 nitrogen and oxygen atoms in total. The average Bonchev–Trinajstić information content (AvgIpc) is 2.25. The number of carboxylic acids is 1. The van der Waals surface area contributed by atoms with Gasteiger partial charge in [0.15, 0.2) is 0 Å². The number of ether oxygens (including phenoxy) is 2. The van der Waals surface area contributed by atoms with Gasteiger partial charge >= 0.3 is 18.2 Å². The van der Waals surface area contributed by atoms with Crippen molar-refractivity contribution < 1.29 is 29.0 Å². The summed E-state index contributed by atoms with van der Waals surface area (Å²) < 4.78 is 9.20. The highest BCUT2D eigenvalue weighted by Crippen LogP contribution is 1.96. The number of carbonyl (C=O) groups is 3. The van der Waals surface area contributed by atoms with Crippen molar-refractivity contribution in [3.8, 4) is 0 Å². The van der Waals surface area contributed by atoms with Crippen LogP contribution in [-0.4, -0.2) is 35.5 Å². The second-order valence-corrected chi connectivity index (χ2v) is 4.21. The average molecular weight is 290 g/mol. The molecular formula is C12H22N2O6. The van der Waals surface area contributed by atoms with E-state index in [-0.39, 0.29) is 12.2 Å².